The van der Waals surface area contributed by atoms with Gasteiger partial charge in [-0.2, -0.15) is 0 Å². The van der Waals surface area contributed by atoms with Gasteiger partial charge in [0.2, 0.25) is 0 Å². The fourth-order valence-corrected chi connectivity index (χ4v) is 1.74. The molecular formula is C14H10FN3. The molecule has 3 aromatic rings. The molecular weight excluding hydrogens is 229 g/mol. The van der Waals surface area contributed by atoms with Gasteiger partial charge in [-0.15, -0.1) is 0 Å². The smallest absolute Gasteiger partial charge is 0.123 e. The molecule has 0 N–H and O–H groups in total. The van der Waals surface area contributed by atoms with Gasteiger partial charge in [-0.1, -0.05) is 0 Å². The molecule has 0 aliphatic carbocycles. The number of pyridine rings is 1. The van der Waals surface area contributed by atoms with Crippen LogP contribution < -0.4 is 0 Å². The average molecular weight is 239 g/mol. The molecule has 0 atom stereocenters. The Bertz CT molecular complexity index is 644. The van der Waals surface area contributed by atoms with E-state index in [1.54, 1.807) is 30.9 Å². The van der Waals surface area contributed by atoms with Crippen molar-refractivity contribution in [3.63, 3.8) is 0 Å². The number of imidazole rings is 1. The summed E-state index contributed by atoms with van der Waals surface area (Å²) in [5.41, 5.74) is 2.67. The van der Waals surface area contributed by atoms with Gasteiger partial charge in [0.15, 0.2) is 0 Å². The zero-order chi connectivity index (χ0) is 12.4. The predicted molar refractivity (Wildman–Crippen MR) is 66.8 cm³/mol. The molecule has 0 saturated heterocycles. The summed E-state index contributed by atoms with van der Waals surface area (Å²) in [4.78, 5) is 8.37. The first-order chi connectivity index (χ1) is 8.83. The van der Waals surface area contributed by atoms with E-state index in [4.69, 9.17) is 0 Å². The number of rotatable bonds is 2. The van der Waals surface area contributed by atoms with E-state index < -0.39 is 0 Å². The topological polar surface area (TPSA) is 30.7 Å². The van der Waals surface area contributed by atoms with Gasteiger partial charge < -0.3 is 4.57 Å². The van der Waals surface area contributed by atoms with Crippen LogP contribution in [-0.2, 0) is 0 Å². The summed E-state index contributed by atoms with van der Waals surface area (Å²) in [6, 6.07) is 10.1. The van der Waals surface area contributed by atoms with Crippen LogP contribution in [0.25, 0.3) is 16.9 Å². The molecule has 0 fully saturated rings. The van der Waals surface area contributed by atoms with Crippen LogP contribution in [0.1, 0.15) is 0 Å². The third-order valence-corrected chi connectivity index (χ3v) is 2.66. The number of nitrogens with zero attached hydrogens (tertiary/aromatic N) is 3. The number of hydrogen-bond donors (Lipinski definition) is 0. The van der Waals surface area contributed by atoms with Crippen LogP contribution in [0, 0.1) is 5.82 Å². The molecule has 0 bridgehead atoms. The summed E-state index contributed by atoms with van der Waals surface area (Å²) in [6.45, 7) is 0. The van der Waals surface area contributed by atoms with Crippen molar-refractivity contribution in [3.05, 3.63) is 67.1 Å². The zero-order valence-corrected chi connectivity index (χ0v) is 9.49. The molecule has 0 aliphatic rings. The second-order valence-corrected chi connectivity index (χ2v) is 3.88. The minimum absolute atomic E-state index is 0.244. The van der Waals surface area contributed by atoms with Crippen molar-refractivity contribution >= 4 is 0 Å². The second-order valence-electron chi connectivity index (χ2n) is 3.88. The van der Waals surface area contributed by atoms with Crippen molar-refractivity contribution in [1.29, 1.82) is 0 Å². The van der Waals surface area contributed by atoms with Crippen molar-refractivity contribution in [1.82, 2.24) is 14.5 Å². The van der Waals surface area contributed by atoms with Gasteiger partial charge in [-0.3, -0.25) is 4.98 Å². The molecule has 2 heterocycles. The van der Waals surface area contributed by atoms with E-state index in [-0.39, 0.29) is 5.82 Å². The van der Waals surface area contributed by atoms with Crippen molar-refractivity contribution in [2.24, 2.45) is 0 Å². The van der Waals surface area contributed by atoms with E-state index in [2.05, 4.69) is 9.97 Å². The fourth-order valence-electron chi connectivity index (χ4n) is 1.74. The third kappa shape index (κ3) is 2.00. The van der Waals surface area contributed by atoms with Crippen LogP contribution in [0.2, 0.25) is 0 Å². The Morgan fingerprint density at radius 2 is 1.89 bits per heavy atom. The summed E-state index contributed by atoms with van der Waals surface area (Å²) in [6.07, 6.45) is 7.08. The lowest BCUT2D eigenvalue weighted by Gasteiger charge is -2.00. The van der Waals surface area contributed by atoms with Crippen molar-refractivity contribution in [3.8, 4) is 16.9 Å². The standard InChI is InChI=1S/C14H10FN3/c15-12-3-5-13(6-4-12)18-9-14(17-10-18)11-2-1-7-16-8-11/h1-10H. The van der Waals surface area contributed by atoms with Crippen LogP contribution >= 0.6 is 0 Å². The largest absolute Gasteiger partial charge is 0.306 e. The maximum absolute atomic E-state index is 12.8. The Morgan fingerprint density at radius 3 is 2.61 bits per heavy atom. The lowest BCUT2D eigenvalue weighted by molar-refractivity contribution is 0.627. The van der Waals surface area contributed by atoms with Crippen LogP contribution in [0.5, 0.6) is 0 Å². The minimum Gasteiger partial charge on any atom is -0.306 e. The van der Waals surface area contributed by atoms with E-state index in [0.717, 1.165) is 16.9 Å². The normalized spacial score (nSPS) is 10.5. The first-order valence-corrected chi connectivity index (χ1v) is 5.53. The molecule has 0 unspecified atom stereocenters. The Kier molecular flexibility index (Phi) is 2.61. The monoisotopic (exact) mass is 239 g/mol. The van der Waals surface area contributed by atoms with Crippen LogP contribution in [0.3, 0.4) is 0 Å². The highest BCUT2D eigenvalue weighted by Gasteiger charge is 2.03. The molecule has 88 valence electrons. The fraction of sp³-hybridized carbons (Fsp3) is 0. The highest BCUT2D eigenvalue weighted by atomic mass is 19.1. The highest BCUT2D eigenvalue weighted by molar-refractivity contribution is 5.57. The van der Waals surface area contributed by atoms with E-state index in [1.165, 1.54) is 12.1 Å². The van der Waals surface area contributed by atoms with Gasteiger partial charge in [0.25, 0.3) is 0 Å². The predicted octanol–water partition coefficient (Wildman–Crippen LogP) is 3.07. The van der Waals surface area contributed by atoms with E-state index in [1.807, 2.05) is 22.9 Å². The summed E-state index contributed by atoms with van der Waals surface area (Å²) in [7, 11) is 0. The van der Waals surface area contributed by atoms with Gasteiger partial charge in [0, 0.05) is 29.8 Å². The van der Waals surface area contributed by atoms with E-state index in [9.17, 15) is 4.39 Å². The lowest BCUT2D eigenvalue weighted by atomic mass is 10.2. The van der Waals surface area contributed by atoms with Gasteiger partial charge >= 0.3 is 0 Å². The summed E-state index contributed by atoms with van der Waals surface area (Å²) in [5.74, 6) is -0.244. The van der Waals surface area contributed by atoms with E-state index >= 15 is 0 Å². The van der Waals surface area contributed by atoms with Gasteiger partial charge in [0.1, 0.15) is 5.82 Å². The first kappa shape index (κ1) is 10.7. The van der Waals surface area contributed by atoms with Crippen molar-refractivity contribution < 1.29 is 4.39 Å². The number of aromatic nitrogens is 3. The quantitative estimate of drug-likeness (QED) is 0.688. The van der Waals surface area contributed by atoms with Crippen LogP contribution in [0.4, 0.5) is 4.39 Å². The summed E-state index contributed by atoms with van der Waals surface area (Å²) < 4.78 is 14.7. The van der Waals surface area contributed by atoms with Gasteiger partial charge in [0.05, 0.1) is 12.0 Å². The zero-order valence-electron chi connectivity index (χ0n) is 9.49. The number of benzene rings is 1. The number of halogens is 1. The molecule has 3 rings (SSSR count). The molecule has 0 spiro atoms. The molecule has 0 amide bonds. The van der Waals surface area contributed by atoms with Crippen molar-refractivity contribution in [2.45, 2.75) is 0 Å². The van der Waals surface area contributed by atoms with Crippen LogP contribution in [-0.4, -0.2) is 14.5 Å². The van der Waals surface area contributed by atoms with Gasteiger partial charge in [-0.05, 0) is 36.4 Å². The Labute approximate surface area is 104 Å². The van der Waals surface area contributed by atoms with E-state index in [0.29, 0.717) is 0 Å². The number of hydrogen-bond acceptors (Lipinski definition) is 2. The average Bonchev–Trinajstić information content (AvgIpc) is 2.90. The molecule has 1 aromatic carbocycles. The molecule has 0 saturated carbocycles. The van der Waals surface area contributed by atoms with Crippen LogP contribution in [0.15, 0.2) is 61.3 Å². The Hall–Kier alpha value is -2.49. The van der Waals surface area contributed by atoms with Gasteiger partial charge in [-0.25, -0.2) is 9.37 Å². The third-order valence-electron chi connectivity index (χ3n) is 2.66. The summed E-state index contributed by atoms with van der Waals surface area (Å²) in [5, 5.41) is 0. The molecule has 2 aromatic heterocycles. The highest BCUT2D eigenvalue weighted by Crippen LogP contribution is 2.17. The Morgan fingerprint density at radius 1 is 1.06 bits per heavy atom. The molecule has 4 heteroatoms. The minimum atomic E-state index is -0.244. The summed E-state index contributed by atoms with van der Waals surface area (Å²) >= 11 is 0. The first-order valence-electron chi connectivity index (χ1n) is 5.53. The SMILES string of the molecule is Fc1ccc(-n2cnc(-c3cccnc3)c2)cc1. The van der Waals surface area contributed by atoms with Crippen molar-refractivity contribution in [2.75, 3.05) is 0 Å². The maximum atomic E-state index is 12.8. The lowest BCUT2D eigenvalue weighted by Crippen LogP contribution is -1.89. The molecule has 18 heavy (non-hydrogen) atoms. The molecule has 0 radical (unpaired) electrons. The Balaban J connectivity index is 1.97. The molecule has 3 nitrogen and oxygen atoms in total. The second kappa shape index (κ2) is 4.41. The molecule has 0 aliphatic heterocycles. The maximum Gasteiger partial charge on any atom is 0.123 e.